The van der Waals surface area contributed by atoms with Gasteiger partial charge in [0.05, 0.1) is 0 Å². The third-order valence-corrected chi connectivity index (χ3v) is 3.74. The largest absolute Gasteiger partial charge is 0.438 e. The number of halogens is 1. The minimum Gasteiger partial charge on any atom is -0.438 e. The van der Waals surface area contributed by atoms with Crippen LogP contribution in [0.1, 0.15) is 5.56 Å². The van der Waals surface area contributed by atoms with E-state index in [9.17, 15) is 0 Å². The molecule has 0 spiro atoms. The fourth-order valence-electron chi connectivity index (χ4n) is 2.11. The molecule has 0 fully saturated rings. The van der Waals surface area contributed by atoms with Crippen LogP contribution in [0.4, 0.5) is 0 Å². The van der Waals surface area contributed by atoms with Crippen molar-refractivity contribution in [3.8, 4) is 11.6 Å². The van der Waals surface area contributed by atoms with Crippen molar-refractivity contribution in [1.82, 2.24) is 4.98 Å². The number of fused-ring (bicyclic) bond motifs is 1. The maximum atomic E-state index is 5.92. The van der Waals surface area contributed by atoms with Gasteiger partial charge in [-0.3, -0.25) is 0 Å². The van der Waals surface area contributed by atoms with Crippen LogP contribution >= 0.6 is 22.6 Å². The van der Waals surface area contributed by atoms with E-state index in [0.29, 0.717) is 12.4 Å². The van der Waals surface area contributed by atoms with Gasteiger partial charge in [0.25, 0.3) is 0 Å². The van der Waals surface area contributed by atoms with Gasteiger partial charge in [-0.25, -0.2) is 4.98 Å². The number of hydrogen-bond donors (Lipinski definition) is 1. The SMILES string of the molecule is NCc1cnc(Oc2cccc(I)c2)c2ccccc12. The van der Waals surface area contributed by atoms with Crippen LogP contribution in [0.3, 0.4) is 0 Å². The quantitative estimate of drug-likeness (QED) is 0.701. The summed E-state index contributed by atoms with van der Waals surface area (Å²) in [5, 5.41) is 2.07. The van der Waals surface area contributed by atoms with E-state index in [1.807, 2.05) is 48.5 Å². The molecule has 3 aromatic rings. The molecule has 2 aromatic carbocycles. The van der Waals surface area contributed by atoms with Crippen molar-refractivity contribution in [2.45, 2.75) is 6.54 Å². The topological polar surface area (TPSA) is 48.1 Å². The fraction of sp³-hybridized carbons (Fsp3) is 0.0625. The predicted octanol–water partition coefficient (Wildman–Crippen LogP) is 4.09. The summed E-state index contributed by atoms with van der Waals surface area (Å²) in [5.74, 6) is 1.40. The molecule has 20 heavy (non-hydrogen) atoms. The molecule has 0 amide bonds. The van der Waals surface area contributed by atoms with Crippen molar-refractivity contribution in [1.29, 1.82) is 0 Å². The Morgan fingerprint density at radius 2 is 1.85 bits per heavy atom. The molecule has 0 aliphatic carbocycles. The van der Waals surface area contributed by atoms with Gasteiger partial charge in [-0.15, -0.1) is 0 Å². The highest BCUT2D eigenvalue weighted by Crippen LogP contribution is 2.30. The minimum absolute atomic E-state index is 0.469. The second-order valence-corrected chi connectivity index (χ2v) is 5.64. The molecule has 3 rings (SSSR count). The Morgan fingerprint density at radius 1 is 1.05 bits per heavy atom. The van der Waals surface area contributed by atoms with Crippen LogP contribution in [0.25, 0.3) is 10.8 Å². The molecule has 0 bridgehead atoms. The number of nitrogens with two attached hydrogens (primary N) is 1. The van der Waals surface area contributed by atoms with E-state index in [1.54, 1.807) is 6.20 Å². The molecule has 0 unspecified atom stereocenters. The van der Waals surface area contributed by atoms with Gasteiger partial charge in [-0.2, -0.15) is 0 Å². The van der Waals surface area contributed by atoms with Crippen molar-refractivity contribution in [2.75, 3.05) is 0 Å². The molecule has 0 saturated heterocycles. The number of ether oxygens (including phenoxy) is 1. The summed E-state index contributed by atoms with van der Waals surface area (Å²) >= 11 is 2.26. The molecule has 2 N–H and O–H groups in total. The van der Waals surface area contributed by atoms with E-state index in [0.717, 1.165) is 25.7 Å². The number of rotatable bonds is 3. The van der Waals surface area contributed by atoms with Gasteiger partial charge >= 0.3 is 0 Å². The third-order valence-electron chi connectivity index (χ3n) is 3.07. The molecule has 100 valence electrons. The number of benzene rings is 2. The van der Waals surface area contributed by atoms with E-state index in [2.05, 4.69) is 27.6 Å². The monoisotopic (exact) mass is 376 g/mol. The van der Waals surface area contributed by atoms with Crippen molar-refractivity contribution in [2.24, 2.45) is 5.73 Å². The van der Waals surface area contributed by atoms with Gasteiger partial charge in [0.1, 0.15) is 5.75 Å². The maximum absolute atomic E-state index is 5.92. The third kappa shape index (κ3) is 2.62. The molecule has 0 atom stereocenters. The first kappa shape index (κ1) is 13.3. The summed E-state index contributed by atoms with van der Waals surface area (Å²) in [6, 6.07) is 15.9. The summed E-state index contributed by atoms with van der Waals surface area (Å²) in [6.45, 7) is 0.469. The van der Waals surface area contributed by atoms with Crippen LogP contribution in [0, 0.1) is 3.57 Å². The molecule has 1 aromatic heterocycles. The number of nitrogens with zero attached hydrogens (tertiary/aromatic N) is 1. The second-order valence-electron chi connectivity index (χ2n) is 4.40. The summed E-state index contributed by atoms with van der Waals surface area (Å²) in [7, 11) is 0. The molecule has 0 radical (unpaired) electrons. The zero-order valence-corrected chi connectivity index (χ0v) is 12.9. The van der Waals surface area contributed by atoms with Crippen LogP contribution in [-0.2, 0) is 6.54 Å². The van der Waals surface area contributed by atoms with Gasteiger partial charge in [0, 0.05) is 21.7 Å². The van der Waals surface area contributed by atoms with E-state index in [1.165, 1.54) is 0 Å². The Kier molecular flexibility index (Phi) is 3.84. The van der Waals surface area contributed by atoms with Crippen LogP contribution in [0.5, 0.6) is 11.6 Å². The highest BCUT2D eigenvalue weighted by Gasteiger charge is 2.08. The summed E-state index contributed by atoms with van der Waals surface area (Å²) in [4.78, 5) is 4.40. The van der Waals surface area contributed by atoms with Crippen molar-refractivity contribution in [3.63, 3.8) is 0 Å². The van der Waals surface area contributed by atoms with Gasteiger partial charge in [0.15, 0.2) is 0 Å². The standard InChI is InChI=1S/C16H13IN2O/c17-12-4-3-5-13(8-12)20-16-15-7-2-1-6-14(15)11(9-18)10-19-16/h1-8,10H,9,18H2. The Balaban J connectivity index is 2.08. The van der Waals surface area contributed by atoms with Crippen molar-refractivity contribution in [3.05, 3.63) is 63.9 Å². The zero-order chi connectivity index (χ0) is 13.9. The van der Waals surface area contributed by atoms with Crippen LogP contribution in [0.15, 0.2) is 54.7 Å². The van der Waals surface area contributed by atoms with E-state index in [4.69, 9.17) is 10.5 Å². The van der Waals surface area contributed by atoms with Crippen LogP contribution in [0.2, 0.25) is 0 Å². The average Bonchev–Trinajstić information content (AvgIpc) is 2.48. The first-order chi connectivity index (χ1) is 9.78. The lowest BCUT2D eigenvalue weighted by molar-refractivity contribution is 0.468. The number of pyridine rings is 1. The smallest absolute Gasteiger partial charge is 0.227 e. The van der Waals surface area contributed by atoms with E-state index < -0.39 is 0 Å². The zero-order valence-electron chi connectivity index (χ0n) is 10.7. The first-order valence-corrected chi connectivity index (χ1v) is 7.36. The van der Waals surface area contributed by atoms with Crippen molar-refractivity contribution < 1.29 is 4.74 Å². The number of aromatic nitrogens is 1. The molecule has 4 heteroatoms. The summed E-state index contributed by atoms with van der Waals surface area (Å²) in [5.41, 5.74) is 6.78. The minimum atomic E-state index is 0.469. The molecular weight excluding hydrogens is 363 g/mol. The van der Waals surface area contributed by atoms with Crippen LogP contribution < -0.4 is 10.5 Å². The number of hydrogen-bond acceptors (Lipinski definition) is 3. The Morgan fingerprint density at radius 3 is 2.60 bits per heavy atom. The van der Waals surface area contributed by atoms with Gasteiger partial charge in [-0.1, -0.05) is 24.3 Å². The highest BCUT2D eigenvalue weighted by molar-refractivity contribution is 14.1. The Hall–Kier alpha value is -1.66. The molecule has 1 heterocycles. The fourth-order valence-corrected chi connectivity index (χ4v) is 2.63. The van der Waals surface area contributed by atoms with Gasteiger partial charge in [0.2, 0.25) is 5.88 Å². The normalized spacial score (nSPS) is 10.7. The lowest BCUT2D eigenvalue weighted by Gasteiger charge is -2.10. The van der Waals surface area contributed by atoms with Gasteiger partial charge < -0.3 is 10.5 Å². The molecule has 3 nitrogen and oxygen atoms in total. The molecule has 0 aliphatic heterocycles. The average molecular weight is 376 g/mol. The predicted molar refractivity (Wildman–Crippen MR) is 88.9 cm³/mol. The molecule has 0 saturated carbocycles. The Bertz CT molecular complexity index is 758. The van der Waals surface area contributed by atoms with Crippen molar-refractivity contribution >= 4 is 33.4 Å². The summed E-state index contributed by atoms with van der Waals surface area (Å²) < 4.78 is 7.04. The van der Waals surface area contributed by atoms with E-state index in [-0.39, 0.29) is 0 Å². The highest BCUT2D eigenvalue weighted by atomic mass is 127. The first-order valence-electron chi connectivity index (χ1n) is 6.28. The second kappa shape index (κ2) is 5.76. The lowest BCUT2D eigenvalue weighted by Crippen LogP contribution is -1.99. The van der Waals surface area contributed by atoms with E-state index >= 15 is 0 Å². The summed E-state index contributed by atoms with van der Waals surface area (Å²) in [6.07, 6.45) is 1.78. The van der Waals surface area contributed by atoms with Crippen LogP contribution in [-0.4, -0.2) is 4.98 Å². The molecular formula is C16H13IN2O. The molecule has 0 aliphatic rings. The Labute approximate surface area is 130 Å². The lowest BCUT2D eigenvalue weighted by atomic mass is 10.1. The van der Waals surface area contributed by atoms with Gasteiger partial charge in [-0.05, 0) is 57.8 Å². The maximum Gasteiger partial charge on any atom is 0.227 e.